The van der Waals surface area contributed by atoms with E-state index in [2.05, 4.69) is 10.6 Å². The molecule has 3 nitrogen and oxygen atoms in total. The van der Waals surface area contributed by atoms with Crippen LogP contribution in [0.3, 0.4) is 0 Å². The van der Waals surface area contributed by atoms with Gasteiger partial charge in [0.15, 0.2) is 0 Å². The van der Waals surface area contributed by atoms with Gasteiger partial charge in [-0.2, -0.15) is 0 Å². The van der Waals surface area contributed by atoms with Crippen LogP contribution in [0.1, 0.15) is 19.8 Å². The van der Waals surface area contributed by atoms with Crippen molar-refractivity contribution >= 4 is 5.91 Å². The van der Waals surface area contributed by atoms with Crippen molar-refractivity contribution in [2.45, 2.75) is 25.8 Å². The smallest absolute Gasteiger partial charge is 0.247 e. The lowest BCUT2D eigenvalue weighted by Crippen LogP contribution is -2.38. The maximum absolute atomic E-state index is 11.4. The highest BCUT2D eigenvalue weighted by atomic mass is 16.1. The predicted octanol–water partition coefficient (Wildman–Crippen LogP) is 0.185. The molecule has 1 aliphatic carbocycles. The Kier molecular flexibility index (Phi) is 1.89. The van der Waals surface area contributed by atoms with Crippen molar-refractivity contribution in [1.29, 1.82) is 0 Å². The molecule has 1 aliphatic heterocycles. The van der Waals surface area contributed by atoms with E-state index in [1.54, 1.807) is 0 Å². The van der Waals surface area contributed by atoms with Crippen molar-refractivity contribution in [2.75, 3.05) is 13.1 Å². The number of nitrogens with one attached hydrogen (secondary N) is 2. The highest BCUT2D eigenvalue weighted by Gasteiger charge is 2.25. The highest BCUT2D eigenvalue weighted by molar-refractivity contribution is 5.94. The van der Waals surface area contributed by atoms with Gasteiger partial charge in [-0.25, -0.2) is 0 Å². The molecule has 12 heavy (non-hydrogen) atoms. The summed E-state index contributed by atoms with van der Waals surface area (Å²) < 4.78 is 0. The Morgan fingerprint density at radius 1 is 1.50 bits per heavy atom. The predicted molar refractivity (Wildman–Crippen MR) is 46.7 cm³/mol. The molecule has 0 bridgehead atoms. The number of hydrogen-bond acceptors (Lipinski definition) is 2. The van der Waals surface area contributed by atoms with Crippen LogP contribution in [0.2, 0.25) is 0 Å². The van der Waals surface area contributed by atoms with Gasteiger partial charge in [0.1, 0.15) is 0 Å². The first kappa shape index (κ1) is 7.80. The van der Waals surface area contributed by atoms with E-state index in [0.717, 1.165) is 31.5 Å². The monoisotopic (exact) mass is 166 g/mol. The van der Waals surface area contributed by atoms with Crippen molar-refractivity contribution in [2.24, 2.45) is 0 Å². The van der Waals surface area contributed by atoms with Crippen molar-refractivity contribution in [1.82, 2.24) is 10.6 Å². The molecule has 0 aromatic carbocycles. The van der Waals surface area contributed by atoms with Crippen LogP contribution in [0.25, 0.3) is 0 Å². The maximum Gasteiger partial charge on any atom is 0.247 e. The molecule has 1 heterocycles. The van der Waals surface area contributed by atoms with E-state index in [-0.39, 0.29) is 5.91 Å². The second kappa shape index (κ2) is 2.90. The van der Waals surface area contributed by atoms with Crippen LogP contribution in [0.5, 0.6) is 0 Å². The Morgan fingerprint density at radius 2 is 2.17 bits per heavy atom. The van der Waals surface area contributed by atoms with E-state index >= 15 is 0 Å². The molecule has 66 valence electrons. The maximum atomic E-state index is 11.4. The standard InChI is InChI=1S/C9H14N2O/c1-6(7-4-10-5-7)9(12)11-8-2-3-8/h8,10H,2-5H2,1H3,(H,11,12). The lowest BCUT2D eigenvalue weighted by Gasteiger charge is -2.21. The zero-order valence-electron chi connectivity index (χ0n) is 7.31. The molecule has 3 heteroatoms. The summed E-state index contributed by atoms with van der Waals surface area (Å²) >= 11 is 0. The van der Waals surface area contributed by atoms with E-state index in [9.17, 15) is 4.79 Å². The molecule has 0 unspecified atom stereocenters. The number of hydrogen-bond donors (Lipinski definition) is 2. The molecule has 2 fully saturated rings. The molecule has 2 rings (SSSR count). The van der Waals surface area contributed by atoms with Gasteiger partial charge in [-0.05, 0) is 25.3 Å². The lowest BCUT2D eigenvalue weighted by molar-refractivity contribution is -0.117. The minimum Gasteiger partial charge on any atom is -0.350 e. The summed E-state index contributed by atoms with van der Waals surface area (Å²) in [7, 11) is 0. The highest BCUT2D eigenvalue weighted by Crippen LogP contribution is 2.19. The summed E-state index contributed by atoms with van der Waals surface area (Å²) in [5.74, 6) is 0.133. The van der Waals surface area contributed by atoms with E-state index in [4.69, 9.17) is 0 Å². The van der Waals surface area contributed by atoms with Crippen LogP contribution in [0.15, 0.2) is 11.1 Å². The van der Waals surface area contributed by atoms with Gasteiger partial charge in [0.2, 0.25) is 5.91 Å². The van der Waals surface area contributed by atoms with E-state index in [0.29, 0.717) is 6.04 Å². The first-order valence-corrected chi connectivity index (χ1v) is 4.47. The van der Waals surface area contributed by atoms with E-state index < -0.39 is 0 Å². The van der Waals surface area contributed by atoms with Gasteiger partial charge in [0.25, 0.3) is 0 Å². The number of rotatable bonds is 2. The molecular formula is C9H14N2O. The molecule has 2 aliphatic rings. The fourth-order valence-corrected chi connectivity index (χ4v) is 1.20. The van der Waals surface area contributed by atoms with Crippen LogP contribution < -0.4 is 10.6 Å². The first-order chi connectivity index (χ1) is 5.77. The molecule has 0 radical (unpaired) electrons. The summed E-state index contributed by atoms with van der Waals surface area (Å²) in [4.78, 5) is 11.4. The molecule has 1 saturated heterocycles. The Labute approximate surface area is 72.2 Å². The van der Waals surface area contributed by atoms with Crippen LogP contribution in [-0.4, -0.2) is 25.0 Å². The summed E-state index contributed by atoms with van der Waals surface area (Å²) in [6.07, 6.45) is 2.32. The fraction of sp³-hybridized carbons (Fsp3) is 0.667. The molecule has 1 saturated carbocycles. The van der Waals surface area contributed by atoms with Gasteiger partial charge < -0.3 is 10.6 Å². The molecule has 0 atom stereocenters. The largest absolute Gasteiger partial charge is 0.350 e. The second-order valence-corrected chi connectivity index (χ2v) is 3.58. The van der Waals surface area contributed by atoms with Crippen LogP contribution in [-0.2, 0) is 4.79 Å². The summed E-state index contributed by atoms with van der Waals surface area (Å²) in [6, 6.07) is 0.473. The zero-order chi connectivity index (χ0) is 8.55. The van der Waals surface area contributed by atoms with E-state index in [1.807, 2.05) is 6.92 Å². The molecule has 1 amide bonds. The van der Waals surface area contributed by atoms with Gasteiger partial charge in [-0.15, -0.1) is 0 Å². The summed E-state index contributed by atoms with van der Waals surface area (Å²) in [5, 5.41) is 6.11. The van der Waals surface area contributed by atoms with Crippen molar-refractivity contribution < 1.29 is 4.79 Å². The first-order valence-electron chi connectivity index (χ1n) is 4.47. The van der Waals surface area contributed by atoms with Gasteiger partial charge >= 0.3 is 0 Å². The normalized spacial score (nSPS) is 21.6. The topological polar surface area (TPSA) is 41.1 Å². The third-order valence-electron chi connectivity index (χ3n) is 2.46. The van der Waals surface area contributed by atoms with Gasteiger partial charge in [-0.3, -0.25) is 4.79 Å². The summed E-state index contributed by atoms with van der Waals surface area (Å²) in [5.41, 5.74) is 2.17. The zero-order valence-corrected chi connectivity index (χ0v) is 7.31. The average molecular weight is 166 g/mol. The van der Waals surface area contributed by atoms with Gasteiger partial charge in [0.05, 0.1) is 0 Å². The van der Waals surface area contributed by atoms with E-state index in [1.165, 1.54) is 5.57 Å². The summed E-state index contributed by atoms with van der Waals surface area (Å²) in [6.45, 7) is 3.70. The second-order valence-electron chi connectivity index (χ2n) is 3.58. The molecule has 0 spiro atoms. The Balaban J connectivity index is 1.92. The molecule has 2 N–H and O–H groups in total. The van der Waals surface area contributed by atoms with Crippen molar-refractivity contribution in [3.05, 3.63) is 11.1 Å². The van der Waals surface area contributed by atoms with Crippen LogP contribution in [0.4, 0.5) is 0 Å². The molecule has 0 aromatic heterocycles. The Morgan fingerprint density at radius 3 is 2.58 bits per heavy atom. The van der Waals surface area contributed by atoms with Crippen LogP contribution in [0, 0.1) is 0 Å². The number of carbonyl (C=O) groups is 1. The van der Waals surface area contributed by atoms with Gasteiger partial charge in [0, 0.05) is 24.7 Å². The number of carbonyl (C=O) groups excluding carboxylic acids is 1. The average Bonchev–Trinajstić information content (AvgIpc) is 2.67. The van der Waals surface area contributed by atoms with Gasteiger partial charge in [-0.1, -0.05) is 0 Å². The van der Waals surface area contributed by atoms with Crippen LogP contribution >= 0.6 is 0 Å². The third kappa shape index (κ3) is 1.50. The van der Waals surface area contributed by atoms with Crippen molar-refractivity contribution in [3.8, 4) is 0 Å². The molecular weight excluding hydrogens is 152 g/mol. The minimum absolute atomic E-state index is 0.133. The lowest BCUT2D eigenvalue weighted by atomic mass is 10.0. The minimum atomic E-state index is 0.133. The Hall–Kier alpha value is -0.830. The SMILES string of the molecule is CC(C(=O)NC1CC1)=C1CNC1. The number of amides is 1. The molecule has 0 aromatic rings. The fourth-order valence-electron chi connectivity index (χ4n) is 1.20. The quantitative estimate of drug-likeness (QED) is 0.575. The Bertz CT molecular complexity index is 235. The van der Waals surface area contributed by atoms with Crippen molar-refractivity contribution in [3.63, 3.8) is 0 Å². The third-order valence-corrected chi connectivity index (χ3v) is 2.46.